The van der Waals surface area contributed by atoms with E-state index in [0.717, 1.165) is 25.7 Å². The topological polar surface area (TPSA) is 78.4 Å². The van der Waals surface area contributed by atoms with Crippen LogP contribution < -0.4 is 10.6 Å². The van der Waals surface area contributed by atoms with Crippen molar-refractivity contribution in [2.24, 2.45) is 0 Å². The van der Waals surface area contributed by atoms with Crippen molar-refractivity contribution < 1.29 is 14.7 Å². The Labute approximate surface area is 118 Å². The van der Waals surface area contributed by atoms with E-state index in [-0.39, 0.29) is 18.4 Å². The molecule has 0 radical (unpaired) electrons. The lowest BCUT2D eigenvalue weighted by Crippen LogP contribution is -2.50. The summed E-state index contributed by atoms with van der Waals surface area (Å²) in [5.41, 5.74) is 0.751. The summed E-state index contributed by atoms with van der Waals surface area (Å²) < 4.78 is 0. The zero-order valence-corrected chi connectivity index (χ0v) is 11.6. The van der Waals surface area contributed by atoms with Crippen LogP contribution in [0.5, 0.6) is 0 Å². The third kappa shape index (κ3) is 3.36. The average Bonchev–Trinajstić information content (AvgIpc) is 2.88. The summed E-state index contributed by atoms with van der Waals surface area (Å²) in [6, 6.07) is 6.41. The number of ketones is 1. The highest BCUT2D eigenvalue weighted by Crippen LogP contribution is 2.29. The molecule has 0 unspecified atom stereocenters. The van der Waals surface area contributed by atoms with Gasteiger partial charge in [0, 0.05) is 11.3 Å². The van der Waals surface area contributed by atoms with Gasteiger partial charge in [-0.05, 0) is 44.0 Å². The number of urea groups is 1. The molecule has 1 aliphatic rings. The molecule has 0 aromatic heterocycles. The Morgan fingerprint density at radius 2 is 1.80 bits per heavy atom. The summed E-state index contributed by atoms with van der Waals surface area (Å²) in [6.07, 6.45) is 3.66. The molecule has 1 saturated carbocycles. The largest absolute Gasteiger partial charge is 0.394 e. The van der Waals surface area contributed by atoms with Gasteiger partial charge >= 0.3 is 6.03 Å². The van der Waals surface area contributed by atoms with Crippen molar-refractivity contribution in [2.75, 3.05) is 11.9 Å². The first-order valence-electron chi connectivity index (χ1n) is 6.86. The standard InChI is InChI=1S/C15H20N2O3/c1-11(19)12-4-6-13(7-5-12)16-14(20)17-15(10-18)8-2-3-9-15/h4-7,18H,2-3,8-10H2,1H3,(H2,16,17,20). The Morgan fingerprint density at radius 3 is 2.30 bits per heavy atom. The van der Waals surface area contributed by atoms with E-state index in [1.54, 1.807) is 24.3 Å². The van der Waals surface area contributed by atoms with Crippen LogP contribution in [0.15, 0.2) is 24.3 Å². The average molecular weight is 276 g/mol. The van der Waals surface area contributed by atoms with Crippen LogP contribution in [0.4, 0.5) is 10.5 Å². The van der Waals surface area contributed by atoms with Crippen LogP contribution >= 0.6 is 0 Å². The van der Waals surface area contributed by atoms with Crippen molar-refractivity contribution in [3.8, 4) is 0 Å². The second-order valence-corrected chi connectivity index (χ2v) is 5.36. The first kappa shape index (κ1) is 14.5. The molecule has 108 valence electrons. The number of hydrogen-bond acceptors (Lipinski definition) is 3. The molecule has 5 heteroatoms. The summed E-state index contributed by atoms with van der Waals surface area (Å²) in [6.45, 7) is 1.46. The summed E-state index contributed by atoms with van der Waals surface area (Å²) in [5, 5.41) is 15.0. The molecule has 1 aromatic carbocycles. The molecule has 0 saturated heterocycles. The van der Waals surface area contributed by atoms with Gasteiger partial charge in [0.05, 0.1) is 12.1 Å². The molecule has 1 fully saturated rings. The fourth-order valence-electron chi connectivity index (χ4n) is 2.57. The van der Waals surface area contributed by atoms with Gasteiger partial charge in [-0.1, -0.05) is 12.8 Å². The molecule has 0 atom stereocenters. The number of aliphatic hydroxyl groups is 1. The normalized spacial score (nSPS) is 16.7. The van der Waals surface area contributed by atoms with Gasteiger partial charge in [-0.3, -0.25) is 4.79 Å². The number of Topliss-reactive ketones (excluding diaryl/α,β-unsaturated/α-hetero) is 1. The third-order valence-corrected chi connectivity index (χ3v) is 3.79. The van der Waals surface area contributed by atoms with Gasteiger partial charge in [0.2, 0.25) is 0 Å². The monoisotopic (exact) mass is 276 g/mol. The molecule has 0 spiro atoms. The zero-order valence-electron chi connectivity index (χ0n) is 11.6. The molecule has 3 N–H and O–H groups in total. The van der Waals surface area contributed by atoms with E-state index in [4.69, 9.17) is 0 Å². The van der Waals surface area contributed by atoms with Crippen molar-refractivity contribution in [3.63, 3.8) is 0 Å². The minimum atomic E-state index is -0.483. The maximum absolute atomic E-state index is 12.0. The lowest BCUT2D eigenvalue weighted by atomic mass is 9.99. The van der Waals surface area contributed by atoms with Crippen LogP contribution in [0.3, 0.4) is 0 Å². The van der Waals surface area contributed by atoms with Gasteiger partial charge in [0.15, 0.2) is 5.78 Å². The van der Waals surface area contributed by atoms with Crippen molar-refractivity contribution in [2.45, 2.75) is 38.1 Å². The number of carbonyl (C=O) groups is 2. The molecule has 1 aliphatic carbocycles. The minimum absolute atomic E-state index is 0.00816. The van der Waals surface area contributed by atoms with E-state index in [2.05, 4.69) is 10.6 Å². The number of amides is 2. The second-order valence-electron chi connectivity index (χ2n) is 5.36. The first-order chi connectivity index (χ1) is 9.54. The SMILES string of the molecule is CC(=O)c1ccc(NC(=O)NC2(CO)CCCC2)cc1. The van der Waals surface area contributed by atoms with Crippen molar-refractivity contribution in [1.29, 1.82) is 0 Å². The molecular formula is C15H20N2O3. The Hall–Kier alpha value is -1.88. The summed E-state index contributed by atoms with van der Waals surface area (Å²) in [7, 11) is 0. The molecule has 0 heterocycles. The fraction of sp³-hybridized carbons (Fsp3) is 0.467. The van der Waals surface area contributed by atoms with Crippen LogP contribution in [0.2, 0.25) is 0 Å². The zero-order chi connectivity index (χ0) is 14.6. The highest BCUT2D eigenvalue weighted by Gasteiger charge is 2.34. The number of anilines is 1. The van der Waals surface area contributed by atoms with Gasteiger partial charge in [0.25, 0.3) is 0 Å². The molecule has 2 amide bonds. The second kappa shape index (κ2) is 6.05. The van der Waals surface area contributed by atoms with E-state index in [9.17, 15) is 14.7 Å². The van der Waals surface area contributed by atoms with Crippen LogP contribution in [-0.4, -0.2) is 29.1 Å². The molecule has 5 nitrogen and oxygen atoms in total. The number of benzene rings is 1. The van der Waals surface area contributed by atoms with Gasteiger partial charge in [-0.25, -0.2) is 4.79 Å². The Kier molecular flexibility index (Phi) is 4.39. The van der Waals surface area contributed by atoms with Crippen LogP contribution in [-0.2, 0) is 0 Å². The smallest absolute Gasteiger partial charge is 0.319 e. The Bertz CT molecular complexity index is 490. The molecule has 20 heavy (non-hydrogen) atoms. The fourth-order valence-corrected chi connectivity index (χ4v) is 2.57. The highest BCUT2D eigenvalue weighted by atomic mass is 16.3. The number of rotatable bonds is 4. The molecule has 1 aromatic rings. The van der Waals surface area contributed by atoms with E-state index in [1.165, 1.54) is 6.92 Å². The quantitative estimate of drug-likeness (QED) is 0.738. The predicted molar refractivity (Wildman–Crippen MR) is 76.9 cm³/mol. The minimum Gasteiger partial charge on any atom is -0.394 e. The lowest BCUT2D eigenvalue weighted by molar-refractivity contribution is 0.101. The van der Waals surface area contributed by atoms with Crippen molar-refractivity contribution >= 4 is 17.5 Å². The van der Waals surface area contributed by atoms with Crippen molar-refractivity contribution in [1.82, 2.24) is 5.32 Å². The van der Waals surface area contributed by atoms with Gasteiger partial charge in [-0.15, -0.1) is 0 Å². The number of hydrogen-bond donors (Lipinski definition) is 3. The van der Waals surface area contributed by atoms with Crippen LogP contribution in [0.25, 0.3) is 0 Å². The Balaban J connectivity index is 1.95. The number of nitrogens with one attached hydrogen (secondary N) is 2. The first-order valence-corrected chi connectivity index (χ1v) is 6.86. The predicted octanol–water partition coefficient (Wildman–Crippen LogP) is 2.32. The highest BCUT2D eigenvalue weighted by molar-refractivity contribution is 5.95. The van der Waals surface area contributed by atoms with E-state index < -0.39 is 5.54 Å². The number of carbonyl (C=O) groups excluding carboxylic acids is 2. The van der Waals surface area contributed by atoms with Gasteiger partial charge in [-0.2, -0.15) is 0 Å². The maximum Gasteiger partial charge on any atom is 0.319 e. The van der Waals surface area contributed by atoms with E-state index >= 15 is 0 Å². The lowest BCUT2D eigenvalue weighted by Gasteiger charge is -2.27. The molecular weight excluding hydrogens is 256 g/mol. The van der Waals surface area contributed by atoms with Crippen LogP contribution in [0, 0.1) is 0 Å². The van der Waals surface area contributed by atoms with Gasteiger partial charge in [0.1, 0.15) is 0 Å². The van der Waals surface area contributed by atoms with E-state index in [1.807, 2.05) is 0 Å². The summed E-state index contributed by atoms with van der Waals surface area (Å²) in [4.78, 5) is 23.1. The van der Waals surface area contributed by atoms with Gasteiger partial charge < -0.3 is 15.7 Å². The summed E-state index contributed by atoms with van der Waals surface area (Å²) in [5.74, 6) is -0.00816. The van der Waals surface area contributed by atoms with Crippen molar-refractivity contribution in [3.05, 3.63) is 29.8 Å². The maximum atomic E-state index is 12.0. The third-order valence-electron chi connectivity index (χ3n) is 3.79. The van der Waals surface area contributed by atoms with Crippen LogP contribution in [0.1, 0.15) is 43.0 Å². The van der Waals surface area contributed by atoms with E-state index in [0.29, 0.717) is 11.3 Å². The Morgan fingerprint density at radius 1 is 1.20 bits per heavy atom. The molecule has 2 rings (SSSR count). The summed E-state index contributed by atoms with van der Waals surface area (Å²) >= 11 is 0. The number of aliphatic hydroxyl groups excluding tert-OH is 1. The molecule has 0 aliphatic heterocycles. The molecule has 0 bridgehead atoms.